The van der Waals surface area contributed by atoms with Crippen LogP contribution in [-0.2, 0) is 11.3 Å². The monoisotopic (exact) mass is 385 g/mol. The van der Waals surface area contributed by atoms with Crippen LogP contribution in [0.5, 0.6) is 11.5 Å². The van der Waals surface area contributed by atoms with E-state index < -0.39 is 0 Å². The molecule has 3 rings (SSSR count). The Hall–Kier alpha value is -2.50. The van der Waals surface area contributed by atoms with Crippen LogP contribution in [0, 0.1) is 26.7 Å². The Morgan fingerprint density at radius 2 is 2.00 bits per heavy atom. The fourth-order valence-electron chi connectivity index (χ4n) is 4.03. The van der Waals surface area contributed by atoms with E-state index in [-0.39, 0.29) is 17.9 Å². The molecule has 1 saturated heterocycles. The predicted molar refractivity (Wildman–Crippen MR) is 109 cm³/mol. The maximum atomic E-state index is 13.3. The third-order valence-corrected chi connectivity index (χ3v) is 5.95. The van der Waals surface area contributed by atoms with Crippen LogP contribution in [0.3, 0.4) is 0 Å². The van der Waals surface area contributed by atoms with E-state index in [1.807, 2.05) is 41.6 Å². The van der Waals surface area contributed by atoms with Gasteiger partial charge in [-0.2, -0.15) is 5.10 Å². The van der Waals surface area contributed by atoms with Crippen molar-refractivity contribution in [2.75, 3.05) is 20.8 Å². The highest BCUT2D eigenvalue weighted by molar-refractivity contribution is 5.79. The predicted octanol–water partition coefficient (Wildman–Crippen LogP) is 3.83. The maximum Gasteiger partial charge on any atom is 0.227 e. The number of methoxy groups -OCH3 is 2. The summed E-state index contributed by atoms with van der Waals surface area (Å²) in [5, 5.41) is 4.59. The molecule has 28 heavy (non-hydrogen) atoms. The standard InChI is InChI=1S/C22H31N3O3/c1-14(13-25-17(4)15(2)16(3)23-25)22(26)24-11-7-8-20(24)19-10-9-18(27-5)12-21(19)28-6/h9-10,12,14,20H,7-8,11,13H2,1-6H3. The van der Waals surface area contributed by atoms with Gasteiger partial charge in [-0.3, -0.25) is 9.48 Å². The molecule has 0 saturated carbocycles. The van der Waals surface area contributed by atoms with Crippen LogP contribution >= 0.6 is 0 Å². The Kier molecular flexibility index (Phi) is 5.96. The first-order chi connectivity index (χ1) is 13.4. The summed E-state index contributed by atoms with van der Waals surface area (Å²) in [5.74, 6) is 1.56. The SMILES string of the molecule is COc1ccc(C2CCCN2C(=O)C(C)Cn2nc(C)c(C)c2C)c(OC)c1. The molecule has 2 heterocycles. The highest BCUT2D eigenvalue weighted by Gasteiger charge is 2.34. The van der Waals surface area contributed by atoms with Gasteiger partial charge in [0, 0.05) is 23.9 Å². The zero-order valence-corrected chi connectivity index (χ0v) is 17.8. The smallest absolute Gasteiger partial charge is 0.227 e. The molecule has 2 aromatic rings. The molecule has 6 heteroatoms. The molecule has 0 N–H and O–H groups in total. The van der Waals surface area contributed by atoms with E-state index in [1.165, 1.54) is 5.56 Å². The van der Waals surface area contributed by atoms with Crippen LogP contribution in [0.25, 0.3) is 0 Å². The van der Waals surface area contributed by atoms with Gasteiger partial charge in [0.25, 0.3) is 0 Å². The molecule has 152 valence electrons. The molecule has 1 aromatic carbocycles. The van der Waals surface area contributed by atoms with Gasteiger partial charge in [-0.05, 0) is 51.3 Å². The van der Waals surface area contributed by atoms with Crippen molar-refractivity contribution < 1.29 is 14.3 Å². The van der Waals surface area contributed by atoms with Crippen LogP contribution in [0.15, 0.2) is 18.2 Å². The molecule has 0 spiro atoms. The number of carbonyl (C=O) groups excluding carboxylic acids is 1. The summed E-state index contributed by atoms with van der Waals surface area (Å²) >= 11 is 0. The Labute approximate surface area is 167 Å². The van der Waals surface area contributed by atoms with E-state index in [2.05, 4.69) is 18.9 Å². The van der Waals surface area contributed by atoms with E-state index in [1.54, 1.807) is 14.2 Å². The second-order valence-electron chi connectivity index (χ2n) is 7.68. The normalized spacial score (nSPS) is 17.6. The zero-order valence-electron chi connectivity index (χ0n) is 17.8. The quantitative estimate of drug-likeness (QED) is 0.758. The zero-order chi connectivity index (χ0) is 20.4. The molecule has 1 aliphatic heterocycles. The number of amides is 1. The molecule has 1 aromatic heterocycles. The van der Waals surface area contributed by atoms with Gasteiger partial charge in [0.1, 0.15) is 11.5 Å². The fourth-order valence-corrected chi connectivity index (χ4v) is 4.03. The lowest BCUT2D eigenvalue weighted by Gasteiger charge is -2.29. The molecule has 0 aliphatic carbocycles. The highest BCUT2D eigenvalue weighted by Crippen LogP contribution is 2.39. The number of rotatable bonds is 6. The summed E-state index contributed by atoms with van der Waals surface area (Å²) in [6, 6.07) is 5.88. The molecule has 1 amide bonds. The van der Waals surface area contributed by atoms with E-state index in [0.29, 0.717) is 6.54 Å². The number of carbonyl (C=O) groups is 1. The largest absolute Gasteiger partial charge is 0.497 e. The van der Waals surface area contributed by atoms with Crippen molar-refractivity contribution in [3.8, 4) is 11.5 Å². The van der Waals surface area contributed by atoms with Gasteiger partial charge in [-0.1, -0.05) is 6.92 Å². The summed E-state index contributed by atoms with van der Waals surface area (Å²) in [4.78, 5) is 15.3. The Balaban J connectivity index is 1.80. The maximum absolute atomic E-state index is 13.3. The first-order valence-corrected chi connectivity index (χ1v) is 9.90. The van der Waals surface area contributed by atoms with E-state index >= 15 is 0 Å². The van der Waals surface area contributed by atoms with E-state index in [0.717, 1.165) is 47.8 Å². The summed E-state index contributed by atoms with van der Waals surface area (Å²) in [6.45, 7) is 9.52. The van der Waals surface area contributed by atoms with E-state index in [9.17, 15) is 4.79 Å². The molecule has 6 nitrogen and oxygen atoms in total. The first kappa shape index (κ1) is 20.2. The minimum atomic E-state index is -0.137. The Morgan fingerprint density at radius 3 is 2.61 bits per heavy atom. The van der Waals surface area contributed by atoms with Crippen LogP contribution < -0.4 is 9.47 Å². The van der Waals surface area contributed by atoms with Crippen molar-refractivity contribution in [1.82, 2.24) is 14.7 Å². The Bertz CT molecular complexity index is 859. The van der Waals surface area contributed by atoms with Crippen molar-refractivity contribution in [3.05, 3.63) is 40.7 Å². The van der Waals surface area contributed by atoms with Gasteiger partial charge in [-0.25, -0.2) is 0 Å². The number of aryl methyl sites for hydroxylation is 1. The third kappa shape index (κ3) is 3.73. The van der Waals surface area contributed by atoms with Crippen molar-refractivity contribution in [3.63, 3.8) is 0 Å². The van der Waals surface area contributed by atoms with Crippen molar-refractivity contribution >= 4 is 5.91 Å². The van der Waals surface area contributed by atoms with Gasteiger partial charge < -0.3 is 14.4 Å². The number of hydrogen-bond acceptors (Lipinski definition) is 4. The number of hydrogen-bond donors (Lipinski definition) is 0. The summed E-state index contributed by atoms with van der Waals surface area (Å²) in [7, 11) is 3.30. The lowest BCUT2D eigenvalue weighted by atomic mass is 10.0. The third-order valence-electron chi connectivity index (χ3n) is 5.95. The molecule has 0 bridgehead atoms. The highest BCUT2D eigenvalue weighted by atomic mass is 16.5. The lowest BCUT2D eigenvalue weighted by Crippen LogP contribution is -2.36. The first-order valence-electron chi connectivity index (χ1n) is 9.90. The molecule has 0 radical (unpaired) electrons. The van der Waals surface area contributed by atoms with E-state index in [4.69, 9.17) is 9.47 Å². The van der Waals surface area contributed by atoms with Crippen LogP contribution in [-0.4, -0.2) is 41.4 Å². The number of ether oxygens (including phenoxy) is 2. The lowest BCUT2D eigenvalue weighted by molar-refractivity contribution is -0.136. The average Bonchev–Trinajstić information content (AvgIpc) is 3.28. The van der Waals surface area contributed by atoms with Gasteiger partial charge in [-0.15, -0.1) is 0 Å². The topological polar surface area (TPSA) is 56.6 Å². The number of aromatic nitrogens is 2. The van der Waals surface area contributed by atoms with Crippen molar-refractivity contribution in [2.45, 2.75) is 53.1 Å². The van der Waals surface area contributed by atoms with Gasteiger partial charge >= 0.3 is 0 Å². The summed E-state index contributed by atoms with van der Waals surface area (Å²) in [5.41, 5.74) is 4.40. The molecule has 2 atom stereocenters. The summed E-state index contributed by atoms with van der Waals surface area (Å²) in [6.07, 6.45) is 1.94. The average molecular weight is 386 g/mol. The van der Waals surface area contributed by atoms with Crippen molar-refractivity contribution in [2.24, 2.45) is 5.92 Å². The molecular weight excluding hydrogens is 354 g/mol. The number of benzene rings is 1. The molecule has 1 aliphatic rings. The molecule has 1 fully saturated rings. The fraction of sp³-hybridized carbons (Fsp3) is 0.545. The van der Waals surface area contributed by atoms with Crippen LogP contribution in [0.4, 0.5) is 0 Å². The second kappa shape index (κ2) is 8.25. The molecule has 2 unspecified atom stereocenters. The van der Waals surface area contributed by atoms with Crippen LogP contribution in [0.1, 0.15) is 48.3 Å². The van der Waals surface area contributed by atoms with Gasteiger partial charge in [0.2, 0.25) is 5.91 Å². The molecular formula is C22H31N3O3. The minimum Gasteiger partial charge on any atom is -0.497 e. The minimum absolute atomic E-state index is 0.0398. The van der Waals surface area contributed by atoms with Gasteiger partial charge in [0.15, 0.2) is 0 Å². The van der Waals surface area contributed by atoms with Gasteiger partial charge in [0.05, 0.1) is 38.4 Å². The second-order valence-corrected chi connectivity index (χ2v) is 7.68. The van der Waals surface area contributed by atoms with Crippen LogP contribution in [0.2, 0.25) is 0 Å². The van der Waals surface area contributed by atoms with Crippen molar-refractivity contribution in [1.29, 1.82) is 0 Å². The number of nitrogens with zero attached hydrogens (tertiary/aromatic N) is 3. The Morgan fingerprint density at radius 1 is 1.25 bits per heavy atom. The number of likely N-dealkylation sites (tertiary alicyclic amines) is 1. The summed E-state index contributed by atoms with van der Waals surface area (Å²) < 4.78 is 12.9.